The maximum absolute atomic E-state index is 9.28. The van der Waals surface area contributed by atoms with Crippen LogP contribution < -0.4 is 0 Å². The zero-order chi connectivity index (χ0) is 9.68. The van der Waals surface area contributed by atoms with Crippen molar-refractivity contribution in [2.45, 2.75) is 12.8 Å². The van der Waals surface area contributed by atoms with E-state index in [0.717, 1.165) is 5.56 Å². The molecule has 0 saturated carbocycles. The molecule has 13 heavy (non-hydrogen) atoms. The second-order valence-corrected chi connectivity index (χ2v) is 2.94. The zero-order valence-corrected chi connectivity index (χ0v) is 7.64. The molecular weight excluding hydrogens is 162 g/mol. The number of hydrogen-bond acceptors (Lipinski definition) is 2. The maximum Gasteiger partial charge on any atom is 0.170 e. The van der Waals surface area contributed by atoms with E-state index in [4.69, 9.17) is 6.42 Å². The van der Waals surface area contributed by atoms with Gasteiger partial charge < -0.3 is 5.11 Å². The van der Waals surface area contributed by atoms with Crippen LogP contribution >= 0.6 is 0 Å². The summed E-state index contributed by atoms with van der Waals surface area (Å²) in [7, 11) is 1.79. The Hall–Kier alpha value is -1.30. The second-order valence-electron chi connectivity index (χ2n) is 2.94. The van der Waals surface area contributed by atoms with E-state index in [1.165, 1.54) is 0 Å². The van der Waals surface area contributed by atoms with E-state index in [1.807, 2.05) is 30.3 Å². The highest BCUT2D eigenvalue weighted by molar-refractivity contribution is 5.14. The van der Waals surface area contributed by atoms with Crippen LogP contribution in [0, 0.1) is 12.3 Å². The van der Waals surface area contributed by atoms with Crippen molar-refractivity contribution < 1.29 is 5.11 Å². The number of aliphatic hydroxyl groups is 1. The lowest BCUT2D eigenvalue weighted by molar-refractivity contribution is 0.0653. The van der Waals surface area contributed by atoms with Crippen LogP contribution in [0.25, 0.3) is 0 Å². The fourth-order valence-corrected chi connectivity index (χ4v) is 1.09. The number of nitrogens with zero attached hydrogens (tertiary/aromatic N) is 1. The molecular formula is C11H13NO. The Kier molecular flexibility index (Phi) is 3.51. The van der Waals surface area contributed by atoms with Gasteiger partial charge >= 0.3 is 0 Å². The molecule has 1 rings (SSSR count). The van der Waals surface area contributed by atoms with Crippen LogP contribution in [0.2, 0.25) is 0 Å². The van der Waals surface area contributed by atoms with E-state index in [1.54, 1.807) is 11.9 Å². The second kappa shape index (κ2) is 4.66. The van der Waals surface area contributed by atoms with Crippen molar-refractivity contribution in [3.63, 3.8) is 0 Å². The molecule has 0 unspecified atom stereocenters. The summed E-state index contributed by atoms with van der Waals surface area (Å²) in [6, 6.07) is 9.89. The van der Waals surface area contributed by atoms with Crippen LogP contribution in [0.5, 0.6) is 0 Å². The highest BCUT2D eigenvalue weighted by Gasteiger charge is 2.06. The summed E-state index contributed by atoms with van der Waals surface area (Å²) in [6.07, 6.45) is 4.28. The molecule has 0 saturated heterocycles. The zero-order valence-electron chi connectivity index (χ0n) is 7.64. The fraction of sp³-hybridized carbons (Fsp3) is 0.273. The Bertz CT molecular complexity index is 289. The normalized spacial score (nSPS) is 12.5. The highest BCUT2D eigenvalue weighted by atomic mass is 16.3. The Morgan fingerprint density at radius 1 is 1.46 bits per heavy atom. The van der Waals surface area contributed by atoms with E-state index in [2.05, 4.69) is 5.92 Å². The van der Waals surface area contributed by atoms with E-state index >= 15 is 0 Å². The lowest BCUT2D eigenvalue weighted by Gasteiger charge is -2.18. The van der Waals surface area contributed by atoms with Crippen LogP contribution in [0.3, 0.4) is 0 Å². The molecule has 0 aliphatic rings. The van der Waals surface area contributed by atoms with Crippen LogP contribution in [0.4, 0.5) is 0 Å². The number of aliphatic hydroxyl groups excluding tert-OH is 1. The average Bonchev–Trinajstić information content (AvgIpc) is 2.18. The summed E-state index contributed by atoms with van der Waals surface area (Å²) in [4.78, 5) is 1.70. The quantitative estimate of drug-likeness (QED) is 0.548. The van der Waals surface area contributed by atoms with Gasteiger partial charge in [-0.05, 0) is 12.6 Å². The topological polar surface area (TPSA) is 23.5 Å². The smallest absolute Gasteiger partial charge is 0.170 e. The van der Waals surface area contributed by atoms with Crippen LogP contribution in [0.15, 0.2) is 30.3 Å². The highest BCUT2D eigenvalue weighted by Crippen LogP contribution is 2.03. The molecule has 1 aromatic rings. The van der Waals surface area contributed by atoms with Crippen molar-refractivity contribution in [2.24, 2.45) is 0 Å². The number of terminal acetylenes is 1. The molecule has 0 radical (unpaired) electrons. The largest absolute Gasteiger partial charge is 0.367 e. The first-order valence-corrected chi connectivity index (χ1v) is 4.12. The molecule has 2 heteroatoms. The van der Waals surface area contributed by atoms with Crippen molar-refractivity contribution in [1.82, 2.24) is 4.90 Å². The van der Waals surface area contributed by atoms with Crippen molar-refractivity contribution in [1.29, 1.82) is 0 Å². The van der Waals surface area contributed by atoms with Gasteiger partial charge in [0.2, 0.25) is 0 Å². The molecule has 1 atom stereocenters. The van der Waals surface area contributed by atoms with Gasteiger partial charge in [-0.15, -0.1) is 6.42 Å². The van der Waals surface area contributed by atoms with Gasteiger partial charge in [-0.2, -0.15) is 0 Å². The van der Waals surface area contributed by atoms with Crippen LogP contribution in [0.1, 0.15) is 5.56 Å². The first-order valence-electron chi connectivity index (χ1n) is 4.12. The minimum absolute atomic E-state index is 0.659. The summed E-state index contributed by atoms with van der Waals surface area (Å²) in [5, 5.41) is 9.28. The first kappa shape index (κ1) is 9.79. The number of rotatable bonds is 3. The molecule has 0 aliphatic heterocycles. The Morgan fingerprint density at radius 3 is 2.62 bits per heavy atom. The molecule has 0 fully saturated rings. The predicted molar refractivity (Wildman–Crippen MR) is 52.7 cm³/mol. The van der Waals surface area contributed by atoms with Gasteiger partial charge in [0.1, 0.15) is 0 Å². The van der Waals surface area contributed by atoms with Gasteiger partial charge in [-0.1, -0.05) is 36.3 Å². The van der Waals surface area contributed by atoms with Gasteiger partial charge in [-0.25, -0.2) is 0 Å². The van der Waals surface area contributed by atoms with Crippen molar-refractivity contribution in [2.75, 3.05) is 7.05 Å². The first-order chi connectivity index (χ1) is 6.24. The molecule has 0 aliphatic carbocycles. The molecule has 1 N–H and O–H groups in total. The lowest BCUT2D eigenvalue weighted by Crippen LogP contribution is -2.29. The van der Waals surface area contributed by atoms with Crippen molar-refractivity contribution in [3.05, 3.63) is 35.9 Å². The Balaban J connectivity index is 2.56. The van der Waals surface area contributed by atoms with Gasteiger partial charge in [0.15, 0.2) is 6.23 Å². The van der Waals surface area contributed by atoms with Crippen molar-refractivity contribution >= 4 is 0 Å². The van der Waals surface area contributed by atoms with Gasteiger partial charge in [0.05, 0.1) is 0 Å². The summed E-state index contributed by atoms with van der Waals surface area (Å²) in [5.41, 5.74) is 1.14. The monoisotopic (exact) mass is 175 g/mol. The van der Waals surface area contributed by atoms with Gasteiger partial charge in [-0.3, -0.25) is 4.90 Å². The minimum Gasteiger partial charge on any atom is -0.367 e. The van der Waals surface area contributed by atoms with Gasteiger partial charge in [0, 0.05) is 6.54 Å². The third kappa shape index (κ3) is 2.90. The SMILES string of the molecule is C#C[C@@H](O)N(C)Cc1ccccc1. The van der Waals surface area contributed by atoms with E-state index < -0.39 is 6.23 Å². The van der Waals surface area contributed by atoms with Crippen molar-refractivity contribution in [3.8, 4) is 12.3 Å². The van der Waals surface area contributed by atoms with E-state index in [0.29, 0.717) is 6.54 Å². The molecule has 0 aromatic heterocycles. The van der Waals surface area contributed by atoms with Crippen LogP contribution in [-0.2, 0) is 6.54 Å². The lowest BCUT2D eigenvalue weighted by atomic mass is 10.2. The number of benzene rings is 1. The Labute approximate surface area is 78.8 Å². The third-order valence-corrected chi connectivity index (χ3v) is 1.84. The third-order valence-electron chi connectivity index (χ3n) is 1.84. The molecule has 0 heterocycles. The summed E-state index contributed by atoms with van der Waals surface area (Å²) in [6.45, 7) is 0.659. The predicted octanol–water partition coefficient (Wildman–Crippen LogP) is 1.07. The molecule has 2 nitrogen and oxygen atoms in total. The average molecular weight is 175 g/mol. The summed E-state index contributed by atoms with van der Waals surface area (Å²) in [5.74, 6) is 2.27. The molecule has 1 aromatic carbocycles. The summed E-state index contributed by atoms with van der Waals surface area (Å²) >= 11 is 0. The van der Waals surface area contributed by atoms with Gasteiger partial charge in [0.25, 0.3) is 0 Å². The molecule has 0 spiro atoms. The number of hydrogen-bond donors (Lipinski definition) is 1. The summed E-state index contributed by atoms with van der Waals surface area (Å²) < 4.78 is 0. The van der Waals surface area contributed by atoms with E-state index in [9.17, 15) is 5.11 Å². The van der Waals surface area contributed by atoms with E-state index in [-0.39, 0.29) is 0 Å². The van der Waals surface area contributed by atoms with Crippen LogP contribution in [-0.4, -0.2) is 23.3 Å². The maximum atomic E-state index is 9.28. The molecule has 68 valence electrons. The Morgan fingerprint density at radius 2 is 2.08 bits per heavy atom. The standard InChI is InChI=1S/C11H13NO/c1-3-11(13)12(2)9-10-7-5-4-6-8-10/h1,4-8,11,13H,9H2,2H3/t11-/m1/s1. The molecule has 0 bridgehead atoms. The molecule has 0 amide bonds. The minimum atomic E-state index is -0.805. The fourth-order valence-electron chi connectivity index (χ4n) is 1.09.